The van der Waals surface area contributed by atoms with Gasteiger partial charge in [0.05, 0.1) is 5.69 Å². The molecule has 2 fully saturated rings. The molecule has 1 heterocycles. The van der Waals surface area contributed by atoms with E-state index in [1.807, 2.05) is 11.8 Å². The summed E-state index contributed by atoms with van der Waals surface area (Å²) in [6.07, 6.45) is 5.04. The van der Waals surface area contributed by atoms with E-state index in [0.29, 0.717) is 22.1 Å². The highest BCUT2D eigenvalue weighted by Gasteiger charge is 2.30. The zero-order valence-electron chi connectivity index (χ0n) is 22.4. The first-order chi connectivity index (χ1) is 18.8. The van der Waals surface area contributed by atoms with Crippen LogP contribution < -0.4 is 4.90 Å². The number of benzene rings is 3. The smallest absolute Gasteiger partial charge is 0.141 e. The Balaban J connectivity index is 1.13. The van der Waals surface area contributed by atoms with Gasteiger partial charge in [0.25, 0.3) is 0 Å². The summed E-state index contributed by atoms with van der Waals surface area (Å²) in [6, 6.07) is 17.2. The topological polar surface area (TPSA) is 59.3 Å². The minimum atomic E-state index is -0.432. The lowest BCUT2D eigenvalue weighted by Gasteiger charge is -2.35. The van der Waals surface area contributed by atoms with E-state index in [1.54, 1.807) is 18.0 Å². The molecule has 3 aromatic rings. The number of anilines is 1. The van der Waals surface area contributed by atoms with Crippen molar-refractivity contribution in [2.75, 3.05) is 31.1 Å². The third kappa shape index (κ3) is 5.52. The Morgan fingerprint density at radius 1 is 0.846 bits per heavy atom. The van der Waals surface area contributed by atoms with E-state index in [-0.39, 0.29) is 5.75 Å². The van der Waals surface area contributed by atoms with Gasteiger partial charge in [-0.1, -0.05) is 31.1 Å². The van der Waals surface area contributed by atoms with Gasteiger partial charge in [0.15, 0.2) is 0 Å². The Morgan fingerprint density at radius 3 is 2.13 bits per heavy atom. The lowest BCUT2D eigenvalue weighted by Crippen LogP contribution is -2.43. The second kappa shape index (κ2) is 10.7. The van der Waals surface area contributed by atoms with Crippen molar-refractivity contribution >= 4 is 35.1 Å². The Bertz CT molecular complexity index is 1410. The molecule has 1 aliphatic heterocycles. The average molecular weight is 564 g/mol. The third-order valence-corrected chi connectivity index (χ3v) is 10.6. The summed E-state index contributed by atoms with van der Waals surface area (Å²) in [4.78, 5) is 4.43. The molecule has 3 aromatic carbocycles. The summed E-state index contributed by atoms with van der Waals surface area (Å²) in [6.45, 7) is 7.83. The van der Waals surface area contributed by atoms with Crippen LogP contribution >= 0.6 is 23.7 Å². The number of hydrogen-bond acceptors (Lipinski definition) is 7. The molecule has 0 aromatic heterocycles. The van der Waals surface area contributed by atoms with Crippen molar-refractivity contribution < 1.29 is 14.7 Å². The number of phenols is 1. The Morgan fingerprint density at radius 2 is 1.49 bits per heavy atom. The average Bonchev–Trinajstić information content (AvgIpc) is 3.22. The van der Waals surface area contributed by atoms with Gasteiger partial charge >= 0.3 is 0 Å². The molecule has 5 nitrogen and oxygen atoms in total. The monoisotopic (exact) mass is 563 g/mol. The maximum Gasteiger partial charge on any atom is 0.141 e. The van der Waals surface area contributed by atoms with Crippen LogP contribution in [0.25, 0.3) is 11.1 Å². The Labute approximate surface area is 238 Å². The minimum Gasteiger partial charge on any atom is -0.506 e. The van der Waals surface area contributed by atoms with Gasteiger partial charge in [-0.2, -0.15) is 0 Å². The molecule has 1 saturated carbocycles. The number of nitrogens with zero attached hydrogens (tertiary/aromatic N) is 3. The molecule has 0 spiro atoms. The number of thioether (sulfide) groups is 1. The maximum atomic E-state index is 13.4. The molecule has 39 heavy (non-hydrogen) atoms. The van der Waals surface area contributed by atoms with Gasteiger partial charge in [0, 0.05) is 58.4 Å². The number of aromatic hydroxyl groups is 1. The quantitative estimate of drug-likeness (QED) is 0.148. The van der Waals surface area contributed by atoms with E-state index in [0.717, 1.165) is 59.4 Å². The van der Waals surface area contributed by atoms with Crippen LogP contribution in [0, 0.1) is 11.2 Å². The van der Waals surface area contributed by atoms with Gasteiger partial charge in [-0.15, -0.1) is 11.8 Å². The van der Waals surface area contributed by atoms with Crippen LogP contribution in [0.1, 0.15) is 50.7 Å². The van der Waals surface area contributed by atoms with Crippen LogP contribution in [0.4, 0.5) is 10.1 Å². The van der Waals surface area contributed by atoms with Crippen molar-refractivity contribution in [3.8, 4) is 16.9 Å². The highest BCUT2D eigenvalue weighted by molar-refractivity contribution is 8.00. The van der Waals surface area contributed by atoms with Crippen LogP contribution in [0.15, 0.2) is 69.5 Å². The van der Waals surface area contributed by atoms with E-state index in [1.165, 1.54) is 36.6 Å². The first kappa shape index (κ1) is 26.5. The molecule has 3 aliphatic rings. The minimum absolute atomic E-state index is 0.0191. The number of rotatable bonds is 5. The highest BCUT2D eigenvalue weighted by Crippen LogP contribution is 2.45. The van der Waals surface area contributed by atoms with Gasteiger partial charge in [0.1, 0.15) is 17.3 Å². The molecule has 204 valence electrons. The Kier molecular flexibility index (Phi) is 7.29. The summed E-state index contributed by atoms with van der Waals surface area (Å²) in [7, 11) is 0. The molecule has 6 rings (SSSR count). The molecule has 1 saturated heterocycles. The van der Waals surface area contributed by atoms with Crippen LogP contribution in [0.3, 0.4) is 0 Å². The standard InChI is InChI=1S/C31H34FN3O2S2/c1-31(2)11-9-21(10-12-31)38-22-4-6-24-25-7-5-23(19-27(25)30(33-37)26(24)18-22)39-35-15-13-34(14-16-35)28-8-3-20(32)17-29(28)36/h3-8,17-19,21,36-37H,9-16H2,1-2H3/b33-30+. The van der Waals surface area contributed by atoms with Crippen LogP contribution in [-0.4, -0.2) is 51.8 Å². The lowest BCUT2D eigenvalue weighted by atomic mass is 9.77. The van der Waals surface area contributed by atoms with Crippen LogP contribution in [-0.2, 0) is 0 Å². The first-order valence-electron chi connectivity index (χ1n) is 13.6. The van der Waals surface area contributed by atoms with Crippen LogP contribution in [0.2, 0.25) is 0 Å². The number of piperazine rings is 1. The maximum absolute atomic E-state index is 13.4. The summed E-state index contributed by atoms with van der Waals surface area (Å²) in [5.41, 5.74) is 5.97. The number of phenolic OH excluding ortho intramolecular Hbond substituents is 1. The first-order valence-corrected chi connectivity index (χ1v) is 15.3. The number of oxime groups is 1. The van der Waals surface area contributed by atoms with Crippen molar-refractivity contribution in [3.05, 3.63) is 71.5 Å². The van der Waals surface area contributed by atoms with Crippen molar-refractivity contribution in [1.29, 1.82) is 0 Å². The van der Waals surface area contributed by atoms with Crippen molar-refractivity contribution in [1.82, 2.24) is 4.31 Å². The van der Waals surface area contributed by atoms with Gasteiger partial charge in [0.2, 0.25) is 0 Å². The predicted octanol–water partition coefficient (Wildman–Crippen LogP) is 7.63. The van der Waals surface area contributed by atoms with Gasteiger partial charge in [-0.05, 0) is 90.6 Å². The number of fused-ring (bicyclic) bond motifs is 3. The highest BCUT2D eigenvalue weighted by atomic mass is 32.2. The zero-order chi connectivity index (χ0) is 27.1. The lowest BCUT2D eigenvalue weighted by molar-refractivity contribution is 0.249. The van der Waals surface area contributed by atoms with E-state index in [9.17, 15) is 14.7 Å². The van der Waals surface area contributed by atoms with Gasteiger partial charge in [-0.3, -0.25) is 0 Å². The number of hydrogen-bond donors (Lipinski definition) is 2. The van der Waals surface area contributed by atoms with Crippen molar-refractivity contribution in [2.45, 2.75) is 54.6 Å². The normalized spacial score (nSPS) is 20.3. The molecule has 0 atom stereocenters. The van der Waals surface area contributed by atoms with E-state index >= 15 is 0 Å². The molecular formula is C31H34FN3O2S2. The molecule has 2 N–H and O–H groups in total. The van der Waals surface area contributed by atoms with E-state index < -0.39 is 5.82 Å². The summed E-state index contributed by atoms with van der Waals surface area (Å²) >= 11 is 3.66. The Hall–Kier alpha value is -2.68. The summed E-state index contributed by atoms with van der Waals surface area (Å²) in [5, 5.41) is 24.6. The summed E-state index contributed by atoms with van der Waals surface area (Å²) < 4.78 is 15.7. The largest absolute Gasteiger partial charge is 0.506 e. The van der Waals surface area contributed by atoms with Crippen LogP contribution in [0.5, 0.6) is 5.75 Å². The molecule has 0 amide bonds. The number of halogens is 1. The second-order valence-electron chi connectivity index (χ2n) is 11.5. The van der Waals surface area contributed by atoms with E-state index in [4.69, 9.17) is 0 Å². The molecule has 0 radical (unpaired) electrons. The second-order valence-corrected chi connectivity index (χ2v) is 14.0. The molecule has 8 heteroatoms. The van der Waals surface area contributed by atoms with Gasteiger partial charge < -0.3 is 15.2 Å². The summed E-state index contributed by atoms with van der Waals surface area (Å²) in [5.74, 6) is -0.451. The SMILES string of the molecule is CC1(C)CCC(Sc2ccc3c(c2)/C(=N\O)c2cc(SN4CCN(c5ccc(F)cc5O)CC4)ccc2-3)CC1. The predicted molar refractivity (Wildman–Crippen MR) is 159 cm³/mol. The van der Waals surface area contributed by atoms with Crippen molar-refractivity contribution in [3.63, 3.8) is 0 Å². The molecule has 2 aliphatic carbocycles. The van der Waals surface area contributed by atoms with Gasteiger partial charge in [-0.25, -0.2) is 8.70 Å². The fraction of sp³-hybridized carbons (Fsp3) is 0.387. The van der Waals surface area contributed by atoms with E-state index in [2.05, 4.69) is 64.6 Å². The fourth-order valence-corrected chi connectivity index (χ4v) is 8.04. The fourth-order valence-electron chi connectivity index (χ4n) is 5.91. The molecular weight excluding hydrogens is 529 g/mol. The van der Waals surface area contributed by atoms with Crippen molar-refractivity contribution in [2.24, 2.45) is 10.6 Å². The molecule has 0 unspecified atom stereocenters. The molecule has 0 bridgehead atoms. The third-order valence-electron chi connectivity index (χ3n) is 8.22. The zero-order valence-corrected chi connectivity index (χ0v) is 24.0.